The van der Waals surface area contributed by atoms with Crippen LogP contribution in [0.3, 0.4) is 0 Å². The highest BCUT2D eigenvalue weighted by molar-refractivity contribution is 7.91. The Kier molecular flexibility index (Phi) is 4.08. The van der Waals surface area contributed by atoms with Crippen LogP contribution in [0, 0.1) is 10.1 Å². The van der Waals surface area contributed by atoms with Crippen molar-refractivity contribution in [1.29, 1.82) is 0 Å². The highest BCUT2D eigenvalue weighted by atomic mass is 32.2. The molecule has 0 fully saturated rings. The highest BCUT2D eigenvalue weighted by Gasteiger charge is 2.22. The predicted molar refractivity (Wildman–Crippen MR) is 73.9 cm³/mol. The van der Waals surface area contributed by atoms with Gasteiger partial charge in [-0.15, -0.1) is 0 Å². The van der Waals surface area contributed by atoms with Crippen LogP contribution >= 0.6 is 0 Å². The molecular weight excluding hydrogens is 314 g/mol. The van der Waals surface area contributed by atoms with Crippen molar-refractivity contribution in [3.63, 3.8) is 0 Å². The quantitative estimate of drug-likeness (QED) is 0.507. The highest BCUT2D eigenvalue weighted by Crippen LogP contribution is 2.25. The number of nitrogens with zero attached hydrogens (tertiary/aromatic N) is 1. The Morgan fingerprint density at radius 1 is 1.18 bits per heavy atom. The molecule has 0 saturated carbocycles. The fourth-order valence-corrected chi connectivity index (χ4v) is 2.76. The normalized spacial score (nSPS) is 11.6. The zero-order chi connectivity index (χ0) is 16.3. The van der Waals surface area contributed by atoms with E-state index in [1.165, 1.54) is 12.1 Å². The standard InChI is InChI=1S/C13H9NO7S/c15-12(16)7-3-10-4-8-13(21-10)22(19,20)11-5-1-9(2-6-11)14(17)18/h1-8H,(H,15,16)/b7-3-. The SMILES string of the molecule is O=C(O)/C=C\c1ccc(S(=O)(=O)c2ccc([N+](=O)[O-])cc2)o1. The molecule has 2 rings (SSSR count). The number of rotatable bonds is 5. The van der Waals surface area contributed by atoms with Gasteiger partial charge in [-0.2, -0.15) is 0 Å². The minimum Gasteiger partial charge on any atom is -0.478 e. The second-order valence-electron chi connectivity index (χ2n) is 4.08. The van der Waals surface area contributed by atoms with Gasteiger partial charge in [-0.05, 0) is 30.3 Å². The first-order chi connectivity index (χ1) is 10.3. The van der Waals surface area contributed by atoms with Gasteiger partial charge in [0, 0.05) is 18.2 Å². The number of hydrogen-bond acceptors (Lipinski definition) is 6. The fourth-order valence-electron chi connectivity index (χ4n) is 1.58. The molecule has 0 amide bonds. The molecule has 114 valence electrons. The lowest BCUT2D eigenvalue weighted by molar-refractivity contribution is -0.384. The van der Waals surface area contributed by atoms with Gasteiger partial charge in [-0.1, -0.05) is 0 Å². The van der Waals surface area contributed by atoms with E-state index in [4.69, 9.17) is 9.52 Å². The molecule has 8 nitrogen and oxygen atoms in total. The molecule has 0 spiro atoms. The van der Waals surface area contributed by atoms with Gasteiger partial charge in [0.1, 0.15) is 5.76 Å². The van der Waals surface area contributed by atoms with Gasteiger partial charge in [0.2, 0.25) is 14.9 Å². The second-order valence-corrected chi connectivity index (χ2v) is 5.96. The van der Waals surface area contributed by atoms with Crippen LogP contribution in [0.2, 0.25) is 0 Å². The van der Waals surface area contributed by atoms with Crippen molar-refractivity contribution in [1.82, 2.24) is 0 Å². The van der Waals surface area contributed by atoms with E-state index in [0.29, 0.717) is 0 Å². The number of aliphatic carboxylic acids is 1. The summed E-state index contributed by atoms with van der Waals surface area (Å²) in [7, 11) is -3.97. The first kappa shape index (κ1) is 15.4. The van der Waals surface area contributed by atoms with Crippen LogP contribution in [0.5, 0.6) is 0 Å². The van der Waals surface area contributed by atoms with E-state index < -0.39 is 20.7 Å². The largest absolute Gasteiger partial charge is 0.478 e. The Hall–Kier alpha value is -2.94. The summed E-state index contributed by atoms with van der Waals surface area (Å²) in [6, 6.07) is 6.82. The van der Waals surface area contributed by atoms with Gasteiger partial charge >= 0.3 is 5.97 Å². The number of carboxylic acids is 1. The lowest BCUT2D eigenvalue weighted by Gasteiger charge is -2.00. The summed E-state index contributed by atoms with van der Waals surface area (Å²) in [6.45, 7) is 0. The molecule has 0 bridgehead atoms. The van der Waals surface area contributed by atoms with Crippen molar-refractivity contribution in [2.24, 2.45) is 0 Å². The van der Waals surface area contributed by atoms with Crippen LogP contribution in [0.4, 0.5) is 5.69 Å². The van der Waals surface area contributed by atoms with Crippen LogP contribution in [0.1, 0.15) is 5.76 Å². The third-order valence-electron chi connectivity index (χ3n) is 2.62. The topological polar surface area (TPSA) is 128 Å². The molecule has 0 aliphatic carbocycles. The summed E-state index contributed by atoms with van der Waals surface area (Å²) in [6.07, 6.45) is 1.91. The van der Waals surface area contributed by atoms with Crippen molar-refractivity contribution in [3.8, 4) is 0 Å². The van der Waals surface area contributed by atoms with Gasteiger partial charge in [0.25, 0.3) is 5.69 Å². The molecule has 0 aliphatic rings. The van der Waals surface area contributed by atoms with Crippen molar-refractivity contribution < 1.29 is 27.7 Å². The third kappa shape index (κ3) is 3.20. The Labute approximate surface area is 124 Å². The molecule has 22 heavy (non-hydrogen) atoms. The minimum atomic E-state index is -3.97. The number of furan rings is 1. The van der Waals surface area contributed by atoms with E-state index in [9.17, 15) is 23.3 Å². The number of nitro benzene ring substituents is 1. The molecule has 2 aromatic rings. The Morgan fingerprint density at radius 3 is 2.36 bits per heavy atom. The third-order valence-corrected chi connectivity index (χ3v) is 4.26. The van der Waals surface area contributed by atoms with Gasteiger partial charge < -0.3 is 9.52 Å². The summed E-state index contributed by atoms with van der Waals surface area (Å²) < 4.78 is 29.6. The second kappa shape index (κ2) is 5.82. The van der Waals surface area contributed by atoms with E-state index >= 15 is 0 Å². The van der Waals surface area contributed by atoms with Crippen LogP contribution in [-0.4, -0.2) is 24.4 Å². The van der Waals surface area contributed by atoms with Crippen molar-refractivity contribution in [2.75, 3.05) is 0 Å². The maximum absolute atomic E-state index is 12.3. The Morgan fingerprint density at radius 2 is 1.82 bits per heavy atom. The molecule has 1 aromatic carbocycles. The minimum absolute atomic E-state index is 0.0582. The average molecular weight is 323 g/mol. The maximum atomic E-state index is 12.3. The summed E-state index contributed by atoms with van der Waals surface area (Å²) in [5, 5.41) is 18.6. The first-order valence-electron chi connectivity index (χ1n) is 5.81. The lowest BCUT2D eigenvalue weighted by Crippen LogP contribution is -2.00. The van der Waals surface area contributed by atoms with E-state index in [-0.39, 0.29) is 21.4 Å². The number of benzene rings is 1. The monoisotopic (exact) mass is 323 g/mol. The van der Waals surface area contributed by atoms with Gasteiger partial charge in [-0.3, -0.25) is 10.1 Å². The fraction of sp³-hybridized carbons (Fsp3) is 0. The zero-order valence-corrected chi connectivity index (χ0v) is 11.7. The number of carbonyl (C=O) groups is 1. The molecule has 0 unspecified atom stereocenters. The zero-order valence-electron chi connectivity index (χ0n) is 10.9. The van der Waals surface area contributed by atoms with Crippen LogP contribution < -0.4 is 0 Å². The van der Waals surface area contributed by atoms with Gasteiger partial charge in [0.05, 0.1) is 9.82 Å². The van der Waals surface area contributed by atoms with Gasteiger partial charge in [-0.25, -0.2) is 13.2 Å². The summed E-state index contributed by atoms with van der Waals surface area (Å²) in [5.41, 5.74) is -0.233. The lowest BCUT2D eigenvalue weighted by atomic mass is 10.3. The molecule has 1 heterocycles. The predicted octanol–water partition coefficient (Wildman–Crippen LogP) is 2.12. The number of non-ortho nitro benzene ring substituents is 1. The van der Waals surface area contributed by atoms with E-state index in [2.05, 4.69) is 0 Å². The molecule has 1 aromatic heterocycles. The number of hydrogen-bond donors (Lipinski definition) is 1. The van der Waals surface area contributed by atoms with E-state index in [0.717, 1.165) is 36.4 Å². The summed E-state index contributed by atoms with van der Waals surface area (Å²) in [5.74, 6) is -1.14. The van der Waals surface area contributed by atoms with E-state index in [1.54, 1.807) is 0 Å². The molecule has 0 atom stereocenters. The summed E-state index contributed by atoms with van der Waals surface area (Å²) in [4.78, 5) is 20.1. The van der Waals surface area contributed by atoms with Crippen molar-refractivity contribution in [2.45, 2.75) is 9.99 Å². The average Bonchev–Trinajstić information content (AvgIpc) is 2.95. The smallest absolute Gasteiger partial charge is 0.328 e. The molecule has 0 radical (unpaired) electrons. The molecule has 9 heteroatoms. The molecular formula is C13H9NO7S. The van der Waals surface area contributed by atoms with E-state index in [1.807, 2.05) is 0 Å². The number of sulfone groups is 1. The Balaban J connectivity index is 2.34. The number of nitro groups is 1. The van der Waals surface area contributed by atoms with Crippen molar-refractivity contribution >= 4 is 27.6 Å². The van der Waals surface area contributed by atoms with Crippen LogP contribution in [-0.2, 0) is 14.6 Å². The van der Waals surface area contributed by atoms with Crippen LogP contribution in [0.25, 0.3) is 6.08 Å². The van der Waals surface area contributed by atoms with Crippen LogP contribution in [0.15, 0.2) is 56.9 Å². The maximum Gasteiger partial charge on any atom is 0.328 e. The number of carboxylic acid groups (broad SMARTS) is 1. The van der Waals surface area contributed by atoms with Gasteiger partial charge in [0.15, 0.2) is 0 Å². The van der Waals surface area contributed by atoms with Crippen molar-refractivity contribution in [3.05, 3.63) is 58.3 Å². The first-order valence-corrected chi connectivity index (χ1v) is 7.29. The molecule has 1 N–H and O–H groups in total. The molecule has 0 aliphatic heterocycles. The Bertz CT molecular complexity index is 847. The summed E-state index contributed by atoms with van der Waals surface area (Å²) >= 11 is 0. The molecule has 0 saturated heterocycles.